The lowest BCUT2D eigenvalue weighted by molar-refractivity contribution is 0.223. The Balaban J connectivity index is 1.65. The van der Waals surface area contributed by atoms with Crippen LogP contribution < -0.4 is 10.1 Å². The highest BCUT2D eigenvalue weighted by atomic mass is 79.9. The summed E-state index contributed by atoms with van der Waals surface area (Å²) in [7, 11) is 0. The highest BCUT2D eigenvalue weighted by molar-refractivity contribution is 9.10. The van der Waals surface area contributed by atoms with Gasteiger partial charge in [-0.25, -0.2) is 4.68 Å². The van der Waals surface area contributed by atoms with Crippen LogP contribution in [0.5, 0.6) is 5.75 Å². The molecule has 8 heteroatoms. The summed E-state index contributed by atoms with van der Waals surface area (Å²) >= 11 is 11.7. The molecule has 0 fully saturated rings. The standard InChI is InChI=1S/C22H14BrClN4OS/c23-13-4-1-3-12(9-13)21-18-19(15-10-14(24)6-7-16(15)29-21)27-22-25-11-26-28(22)20(18)17-5-2-8-30-17/h1-11,20-21H,(H,25,26,27)/t20-,21-/m1/s1. The summed E-state index contributed by atoms with van der Waals surface area (Å²) in [6.07, 6.45) is 1.29. The van der Waals surface area contributed by atoms with Crippen molar-refractivity contribution < 1.29 is 4.74 Å². The van der Waals surface area contributed by atoms with Gasteiger partial charge in [-0.3, -0.25) is 0 Å². The van der Waals surface area contributed by atoms with E-state index in [2.05, 4.69) is 61.0 Å². The Morgan fingerprint density at radius 3 is 2.90 bits per heavy atom. The van der Waals surface area contributed by atoms with Gasteiger partial charge in [0, 0.05) is 25.5 Å². The lowest BCUT2D eigenvalue weighted by atomic mass is 9.87. The first-order valence-corrected chi connectivity index (χ1v) is 11.4. The van der Waals surface area contributed by atoms with Gasteiger partial charge in [0.2, 0.25) is 5.95 Å². The van der Waals surface area contributed by atoms with Crippen LogP contribution in [0.3, 0.4) is 0 Å². The van der Waals surface area contributed by atoms with Crippen LogP contribution in [-0.4, -0.2) is 14.8 Å². The minimum Gasteiger partial charge on any atom is -0.480 e. The van der Waals surface area contributed by atoms with Gasteiger partial charge in [-0.05, 0) is 47.3 Å². The molecule has 2 aromatic heterocycles. The minimum absolute atomic E-state index is 0.130. The predicted octanol–water partition coefficient (Wildman–Crippen LogP) is 6.32. The number of benzene rings is 2. The molecule has 6 rings (SSSR count). The van der Waals surface area contributed by atoms with Crippen molar-refractivity contribution in [1.29, 1.82) is 0 Å². The molecule has 1 N–H and O–H groups in total. The number of fused-ring (bicyclic) bond motifs is 3. The summed E-state index contributed by atoms with van der Waals surface area (Å²) in [5.41, 5.74) is 4.05. The zero-order valence-electron chi connectivity index (χ0n) is 15.4. The van der Waals surface area contributed by atoms with Crippen molar-refractivity contribution >= 4 is 50.5 Å². The molecule has 0 saturated carbocycles. The smallest absolute Gasteiger partial charge is 0.226 e. The van der Waals surface area contributed by atoms with Gasteiger partial charge >= 0.3 is 0 Å². The van der Waals surface area contributed by atoms with Gasteiger partial charge in [0.1, 0.15) is 24.2 Å². The molecule has 2 aromatic carbocycles. The van der Waals surface area contributed by atoms with Gasteiger partial charge in [-0.1, -0.05) is 45.7 Å². The quantitative estimate of drug-likeness (QED) is 0.352. The molecule has 0 bridgehead atoms. The van der Waals surface area contributed by atoms with Gasteiger partial charge in [0.15, 0.2) is 0 Å². The Morgan fingerprint density at radius 1 is 1.13 bits per heavy atom. The lowest BCUT2D eigenvalue weighted by Crippen LogP contribution is -2.32. The lowest BCUT2D eigenvalue weighted by Gasteiger charge is -2.38. The average molecular weight is 498 g/mol. The fourth-order valence-electron chi connectivity index (χ4n) is 4.11. The van der Waals surface area contributed by atoms with Crippen LogP contribution in [0.15, 0.2) is 76.4 Å². The second kappa shape index (κ2) is 6.97. The van der Waals surface area contributed by atoms with Gasteiger partial charge in [0.25, 0.3) is 0 Å². The van der Waals surface area contributed by atoms with E-state index < -0.39 is 0 Å². The molecule has 4 heterocycles. The number of nitrogens with one attached hydrogen (secondary N) is 1. The molecule has 2 aliphatic rings. The fourth-order valence-corrected chi connectivity index (χ4v) is 5.52. The second-order valence-electron chi connectivity index (χ2n) is 7.09. The van der Waals surface area contributed by atoms with Crippen LogP contribution in [0.2, 0.25) is 5.02 Å². The Labute approximate surface area is 190 Å². The number of anilines is 1. The fraction of sp³-hybridized carbons (Fsp3) is 0.0909. The van der Waals surface area contributed by atoms with Crippen molar-refractivity contribution in [2.24, 2.45) is 0 Å². The summed E-state index contributed by atoms with van der Waals surface area (Å²) in [5.74, 6) is 1.49. The molecule has 0 aliphatic carbocycles. The first-order valence-electron chi connectivity index (χ1n) is 9.35. The zero-order valence-corrected chi connectivity index (χ0v) is 18.6. The van der Waals surface area contributed by atoms with Gasteiger partial charge in [-0.15, -0.1) is 11.3 Å². The van der Waals surface area contributed by atoms with E-state index >= 15 is 0 Å². The van der Waals surface area contributed by atoms with E-state index in [9.17, 15) is 0 Å². The second-order valence-corrected chi connectivity index (χ2v) is 9.43. The van der Waals surface area contributed by atoms with E-state index in [1.165, 1.54) is 4.88 Å². The van der Waals surface area contributed by atoms with E-state index in [1.807, 2.05) is 35.0 Å². The predicted molar refractivity (Wildman–Crippen MR) is 122 cm³/mol. The minimum atomic E-state index is -0.289. The van der Waals surface area contributed by atoms with Crippen LogP contribution >= 0.6 is 38.9 Å². The molecule has 30 heavy (non-hydrogen) atoms. The van der Waals surface area contributed by atoms with Crippen molar-refractivity contribution in [2.75, 3.05) is 5.32 Å². The third-order valence-corrected chi connectivity index (χ3v) is 6.99. The number of halogens is 2. The molecule has 0 amide bonds. The molecule has 0 saturated heterocycles. The first-order chi connectivity index (χ1) is 14.7. The van der Waals surface area contributed by atoms with Crippen LogP contribution in [0.4, 0.5) is 5.95 Å². The molecular formula is C22H14BrClN4OS. The largest absolute Gasteiger partial charge is 0.480 e. The normalized spacial score (nSPS) is 19.4. The van der Waals surface area contributed by atoms with Crippen LogP contribution in [0, 0.1) is 0 Å². The molecule has 0 radical (unpaired) electrons. The highest BCUT2D eigenvalue weighted by Gasteiger charge is 2.41. The van der Waals surface area contributed by atoms with E-state index in [0.29, 0.717) is 11.0 Å². The maximum atomic E-state index is 6.58. The van der Waals surface area contributed by atoms with E-state index in [4.69, 9.17) is 16.3 Å². The van der Waals surface area contributed by atoms with Gasteiger partial charge < -0.3 is 10.1 Å². The maximum absolute atomic E-state index is 6.58. The van der Waals surface area contributed by atoms with Crippen LogP contribution in [0.1, 0.15) is 28.1 Å². The van der Waals surface area contributed by atoms with E-state index in [0.717, 1.165) is 32.6 Å². The maximum Gasteiger partial charge on any atom is 0.226 e. The summed E-state index contributed by atoms with van der Waals surface area (Å²) in [5, 5.41) is 10.8. The van der Waals surface area contributed by atoms with E-state index in [-0.39, 0.29) is 12.1 Å². The molecular weight excluding hydrogens is 484 g/mol. The molecule has 5 nitrogen and oxygen atoms in total. The summed E-state index contributed by atoms with van der Waals surface area (Å²) in [4.78, 5) is 5.62. The van der Waals surface area contributed by atoms with Crippen molar-refractivity contribution in [3.8, 4) is 5.75 Å². The van der Waals surface area contributed by atoms with Crippen molar-refractivity contribution in [1.82, 2.24) is 14.8 Å². The molecule has 4 aromatic rings. The Bertz CT molecular complexity index is 1300. The SMILES string of the molecule is Clc1ccc2c(c1)C1=C([C@@H](c3cccc(Br)c3)O2)[C@@H](c2cccs2)n2ncnc2N1. The summed E-state index contributed by atoms with van der Waals surface area (Å²) in [6.45, 7) is 0. The summed E-state index contributed by atoms with van der Waals surface area (Å²) < 4.78 is 9.51. The zero-order chi connectivity index (χ0) is 20.2. The molecule has 0 spiro atoms. The molecule has 148 valence electrons. The van der Waals surface area contributed by atoms with Crippen LogP contribution in [0.25, 0.3) is 5.70 Å². The number of nitrogens with zero attached hydrogens (tertiary/aromatic N) is 3. The van der Waals surface area contributed by atoms with Crippen molar-refractivity contribution in [3.63, 3.8) is 0 Å². The molecule has 0 unspecified atom stereocenters. The van der Waals surface area contributed by atoms with Crippen molar-refractivity contribution in [3.05, 3.63) is 97.4 Å². The van der Waals surface area contributed by atoms with E-state index in [1.54, 1.807) is 17.7 Å². The van der Waals surface area contributed by atoms with Crippen molar-refractivity contribution in [2.45, 2.75) is 12.1 Å². The monoisotopic (exact) mass is 496 g/mol. The first kappa shape index (κ1) is 18.2. The van der Waals surface area contributed by atoms with Gasteiger partial charge in [0.05, 0.1) is 5.70 Å². The number of hydrogen-bond acceptors (Lipinski definition) is 5. The Hall–Kier alpha value is -2.61. The Morgan fingerprint density at radius 2 is 2.07 bits per heavy atom. The Kier molecular flexibility index (Phi) is 4.23. The number of aromatic nitrogens is 3. The molecule has 2 atom stereocenters. The highest BCUT2D eigenvalue weighted by Crippen LogP contribution is 2.51. The number of rotatable bonds is 2. The number of thiophene rings is 1. The average Bonchev–Trinajstić information content (AvgIpc) is 3.44. The third-order valence-electron chi connectivity index (χ3n) is 5.34. The van der Waals surface area contributed by atoms with Gasteiger partial charge in [-0.2, -0.15) is 10.1 Å². The van der Waals surface area contributed by atoms with Crippen LogP contribution in [-0.2, 0) is 0 Å². The number of hydrogen-bond donors (Lipinski definition) is 1. The number of ether oxygens (including phenoxy) is 1. The third kappa shape index (κ3) is 2.80. The molecule has 2 aliphatic heterocycles. The summed E-state index contributed by atoms with van der Waals surface area (Å²) in [6, 6.07) is 18.0. The topological polar surface area (TPSA) is 52.0 Å².